The van der Waals surface area contributed by atoms with E-state index in [2.05, 4.69) is 52.5 Å². The highest BCUT2D eigenvalue weighted by Crippen LogP contribution is 2.33. The zero-order valence-corrected chi connectivity index (χ0v) is 23.3. The number of rotatable bonds is 10. The lowest BCUT2D eigenvalue weighted by atomic mass is 9.92. The first-order chi connectivity index (χ1) is 19.5. The van der Waals surface area contributed by atoms with Crippen LogP contribution in [0.5, 0.6) is 0 Å². The average Bonchev–Trinajstić information content (AvgIpc) is 2.98. The molecule has 2 amide bonds. The number of fused-ring (bicyclic) bond motifs is 2. The van der Waals surface area contributed by atoms with E-state index in [1.807, 2.05) is 43.3 Å². The lowest BCUT2D eigenvalue weighted by Gasteiger charge is -2.21. The molecule has 1 aliphatic rings. The Labute approximate surface area is 235 Å². The minimum atomic E-state index is -0.292. The topological polar surface area (TPSA) is 95.2 Å². The van der Waals surface area contributed by atoms with E-state index in [4.69, 9.17) is 4.98 Å². The molecule has 4 aromatic rings. The molecular formula is C33H37N5O2. The van der Waals surface area contributed by atoms with Gasteiger partial charge in [0.2, 0.25) is 5.91 Å². The quantitative estimate of drug-likeness (QED) is 0.192. The molecule has 0 fully saturated rings. The van der Waals surface area contributed by atoms with Gasteiger partial charge in [-0.3, -0.25) is 14.6 Å². The van der Waals surface area contributed by atoms with Crippen molar-refractivity contribution < 1.29 is 9.59 Å². The molecule has 0 aliphatic heterocycles. The van der Waals surface area contributed by atoms with Gasteiger partial charge in [-0.15, -0.1) is 0 Å². The highest BCUT2D eigenvalue weighted by atomic mass is 16.2. The normalized spacial score (nSPS) is 12.4. The number of para-hydroxylation sites is 2. The van der Waals surface area contributed by atoms with Crippen molar-refractivity contribution in [2.24, 2.45) is 0 Å². The third-order valence-corrected chi connectivity index (χ3v) is 7.60. The summed E-state index contributed by atoms with van der Waals surface area (Å²) in [7, 11) is 0. The molecule has 206 valence electrons. The number of pyridine rings is 1. The van der Waals surface area contributed by atoms with Gasteiger partial charge in [0, 0.05) is 35.5 Å². The first-order valence-corrected chi connectivity index (χ1v) is 14.1. The first kappa shape index (κ1) is 27.2. The standard InChI is InChI=1S/C33H37N5O2/c1-22-11-9-18-27(23(22)2)37-30-17-8-5-14-26(30)33(40)36-21-31(39)34-19-10-20-35-32-24-12-3-6-15-28(24)38-29-16-7-4-13-25(29)32/h3,5-6,8-9,11-12,14-15,17-18,37H,4,7,10,13,16,19-21H2,1-2H3,(H,34,39)(H,35,38)(H,36,40). The van der Waals surface area contributed by atoms with Crippen molar-refractivity contribution in [3.8, 4) is 0 Å². The Balaban J connectivity index is 1.11. The molecule has 1 aliphatic carbocycles. The Morgan fingerprint density at radius 1 is 0.825 bits per heavy atom. The summed E-state index contributed by atoms with van der Waals surface area (Å²) in [5.41, 5.74) is 9.21. The van der Waals surface area contributed by atoms with Crippen LogP contribution in [0.4, 0.5) is 17.1 Å². The summed E-state index contributed by atoms with van der Waals surface area (Å²) in [5.74, 6) is -0.500. The molecule has 4 N–H and O–H groups in total. The number of nitrogens with zero attached hydrogens (tertiary/aromatic N) is 1. The zero-order valence-electron chi connectivity index (χ0n) is 23.3. The van der Waals surface area contributed by atoms with Crippen LogP contribution in [0.3, 0.4) is 0 Å². The lowest BCUT2D eigenvalue weighted by molar-refractivity contribution is -0.120. The van der Waals surface area contributed by atoms with Crippen LogP contribution in [-0.2, 0) is 17.6 Å². The Morgan fingerprint density at radius 3 is 2.50 bits per heavy atom. The third kappa shape index (κ3) is 6.25. The second kappa shape index (κ2) is 12.6. The lowest BCUT2D eigenvalue weighted by Crippen LogP contribution is -2.37. The van der Waals surface area contributed by atoms with Crippen LogP contribution < -0.4 is 21.3 Å². The summed E-state index contributed by atoms with van der Waals surface area (Å²) in [4.78, 5) is 30.3. The summed E-state index contributed by atoms with van der Waals surface area (Å²) in [6.07, 6.45) is 5.23. The van der Waals surface area contributed by atoms with E-state index in [-0.39, 0.29) is 18.4 Å². The summed E-state index contributed by atoms with van der Waals surface area (Å²) in [5, 5.41) is 13.8. The van der Waals surface area contributed by atoms with Crippen LogP contribution in [0.1, 0.15) is 52.0 Å². The Bertz CT molecular complexity index is 1530. The molecule has 40 heavy (non-hydrogen) atoms. The number of amides is 2. The SMILES string of the molecule is Cc1cccc(Nc2ccccc2C(=O)NCC(=O)NCCCNc2c3c(nc4ccccc24)CCCC3)c1C. The van der Waals surface area contributed by atoms with Gasteiger partial charge in [-0.1, -0.05) is 42.5 Å². The third-order valence-electron chi connectivity index (χ3n) is 7.60. The summed E-state index contributed by atoms with van der Waals surface area (Å²) >= 11 is 0. The summed E-state index contributed by atoms with van der Waals surface area (Å²) < 4.78 is 0. The van der Waals surface area contributed by atoms with Crippen molar-refractivity contribution in [3.63, 3.8) is 0 Å². The van der Waals surface area contributed by atoms with Gasteiger partial charge in [0.15, 0.2) is 0 Å². The van der Waals surface area contributed by atoms with Crippen molar-refractivity contribution in [2.45, 2.75) is 46.0 Å². The molecule has 0 atom stereocenters. The highest BCUT2D eigenvalue weighted by molar-refractivity contribution is 6.01. The van der Waals surface area contributed by atoms with Crippen LogP contribution in [0.25, 0.3) is 10.9 Å². The Hall–Kier alpha value is -4.39. The first-order valence-electron chi connectivity index (χ1n) is 14.1. The molecule has 5 rings (SSSR count). The number of aryl methyl sites for hydroxylation is 2. The molecular weight excluding hydrogens is 498 g/mol. The van der Waals surface area contributed by atoms with Crippen molar-refractivity contribution >= 4 is 39.8 Å². The van der Waals surface area contributed by atoms with Gasteiger partial charge in [0.05, 0.1) is 23.3 Å². The number of aromatic nitrogens is 1. The molecule has 0 spiro atoms. The molecule has 0 unspecified atom stereocenters. The van der Waals surface area contributed by atoms with Crippen molar-refractivity contribution in [1.29, 1.82) is 0 Å². The van der Waals surface area contributed by atoms with Gasteiger partial charge in [-0.05, 0) is 86.9 Å². The van der Waals surface area contributed by atoms with E-state index >= 15 is 0 Å². The fraction of sp³-hybridized carbons (Fsp3) is 0.303. The maximum atomic E-state index is 12.9. The molecule has 1 aromatic heterocycles. The van der Waals surface area contributed by atoms with Gasteiger partial charge in [-0.25, -0.2) is 0 Å². The number of benzene rings is 3. The van der Waals surface area contributed by atoms with Crippen LogP contribution in [0.15, 0.2) is 66.7 Å². The molecule has 0 saturated carbocycles. The van der Waals surface area contributed by atoms with Crippen LogP contribution >= 0.6 is 0 Å². The van der Waals surface area contributed by atoms with Crippen LogP contribution in [0.2, 0.25) is 0 Å². The van der Waals surface area contributed by atoms with Crippen LogP contribution in [-0.4, -0.2) is 36.4 Å². The molecule has 1 heterocycles. The second-order valence-corrected chi connectivity index (χ2v) is 10.4. The number of nitrogens with one attached hydrogen (secondary N) is 4. The van der Waals surface area contributed by atoms with Crippen molar-refractivity contribution in [3.05, 3.63) is 94.7 Å². The second-order valence-electron chi connectivity index (χ2n) is 10.4. The van der Waals surface area contributed by atoms with E-state index in [1.165, 1.54) is 35.3 Å². The van der Waals surface area contributed by atoms with Gasteiger partial charge in [0.1, 0.15) is 0 Å². The van der Waals surface area contributed by atoms with E-state index in [0.717, 1.165) is 48.0 Å². The van der Waals surface area contributed by atoms with Crippen molar-refractivity contribution in [1.82, 2.24) is 15.6 Å². The summed E-state index contributed by atoms with van der Waals surface area (Å²) in [6, 6.07) is 21.6. The predicted octanol–water partition coefficient (Wildman–Crippen LogP) is 5.82. The minimum absolute atomic E-state index is 0.0768. The van der Waals surface area contributed by atoms with E-state index in [0.29, 0.717) is 17.8 Å². The van der Waals surface area contributed by atoms with Gasteiger partial charge >= 0.3 is 0 Å². The zero-order chi connectivity index (χ0) is 27.9. The number of hydrogen-bond donors (Lipinski definition) is 4. The molecule has 0 radical (unpaired) electrons. The number of carbonyl (C=O) groups is 2. The number of hydrogen-bond acceptors (Lipinski definition) is 5. The van der Waals surface area contributed by atoms with Crippen LogP contribution in [0, 0.1) is 13.8 Å². The van der Waals surface area contributed by atoms with Crippen molar-refractivity contribution in [2.75, 3.05) is 30.3 Å². The molecule has 0 bridgehead atoms. The maximum absolute atomic E-state index is 12.9. The molecule has 0 saturated heterocycles. The minimum Gasteiger partial charge on any atom is -0.384 e. The Morgan fingerprint density at radius 2 is 1.60 bits per heavy atom. The average molecular weight is 536 g/mol. The monoisotopic (exact) mass is 535 g/mol. The highest BCUT2D eigenvalue weighted by Gasteiger charge is 2.18. The van der Waals surface area contributed by atoms with Gasteiger partial charge in [-0.2, -0.15) is 0 Å². The Kier molecular flexibility index (Phi) is 8.59. The van der Waals surface area contributed by atoms with Gasteiger partial charge < -0.3 is 21.3 Å². The van der Waals surface area contributed by atoms with Gasteiger partial charge in [0.25, 0.3) is 5.91 Å². The molecule has 7 heteroatoms. The molecule has 3 aromatic carbocycles. The fourth-order valence-corrected chi connectivity index (χ4v) is 5.24. The van der Waals surface area contributed by atoms with E-state index in [9.17, 15) is 9.59 Å². The molecule has 7 nitrogen and oxygen atoms in total. The largest absolute Gasteiger partial charge is 0.384 e. The maximum Gasteiger partial charge on any atom is 0.253 e. The van der Waals surface area contributed by atoms with E-state index < -0.39 is 0 Å². The number of carbonyl (C=O) groups excluding carboxylic acids is 2. The predicted molar refractivity (Wildman–Crippen MR) is 162 cm³/mol. The summed E-state index contributed by atoms with van der Waals surface area (Å²) in [6.45, 7) is 5.30. The fourth-order valence-electron chi connectivity index (χ4n) is 5.24. The number of anilines is 3. The smallest absolute Gasteiger partial charge is 0.253 e. The van der Waals surface area contributed by atoms with E-state index in [1.54, 1.807) is 6.07 Å².